The van der Waals surface area contributed by atoms with E-state index < -0.39 is 19.4 Å². The van der Waals surface area contributed by atoms with Crippen LogP contribution in [0.15, 0.2) is 104 Å². The average Bonchev–Trinajstić information content (AvgIpc) is 3.51. The van der Waals surface area contributed by atoms with E-state index in [4.69, 9.17) is 20.5 Å². The van der Waals surface area contributed by atoms with Gasteiger partial charge in [-0.3, -0.25) is 18.9 Å². The Balaban J connectivity index is 1.51. The second kappa shape index (κ2) is 13.7. The minimum Gasteiger partial charge on any atom is -0.350 e. The lowest BCUT2D eigenvalue weighted by molar-refractivity contribution is -0.145. The second-order valence-electron chi connectivity index (χ2n) is 11.0. The van der Waals surface area contributed by atoms with Crippen LogP contribution in [0.5, 0.6) is 0 Å². The number of nitrogens with zero attached hydrogens (tertiary/aromatic N) is 6. The molecule has 0 spiro atoms. The maximum absolute atomic E-state index is 11.9. The molecule has 45 heavy (non-hydrogen) atoms. The van der Waals surface area contributed by atoms with Crippen molar-refractivity contribution in [2.45, 2.75) is 24.8 Å². The Morgan fingerprint density at radius 2 is 1.53 bits per heavy atom. The van der Waals surface area contributed by atoms with Gasteiger partial charge in [0.25, 0.3) is 0 Å². The highest BCUT2D eigenvalue weighted by atomic mass is 35.7. The Kier molecular flexibility index (Phi) is 9.51. The third kappa shape index (κ3) is 6.35. The number of nitrogens with one attached hydrogen (secondary N) is 1. The molecular weight excluding hydrogens is 609 g/mol. The van der Waals surface area contributed by atoms with Crippen molar-refractivity contribution in [3.8, 4) is 0 Å². The maximum atomic E-state index is 11.9. The summed E-state index contributed by atoms with van der Waals surface area (Å²) in [4.78, 5) is 27.7. The Bertz CT molecular complexity index is 1630. The molecule has 2 aromatic heterocycles. The molecule has 6 rings (SSSR count). The van der Waals surface area contributed by atoms with Gasteiger partial charge in [0.1, 0.15) is 12.6 Å². The summed E-state index contributed by atoms with van der Waals surface area (Å²) in [5.74, 6) is 0.114. The van der Waals surface area contributed by atoms with Crippen LogP contribution in [0.25, 0.3) is 11.2 Å². The average molecular weight is 644 g/mol. The molecule has 232 valence electrons. The number of rotatable bonds is 10. The monoisotopic (exact) mass is 643 g/mol. The molecular formula is C33H35ClN7O3P. The molecule has 1 aliphatic rings. The first kappa shape index (κ1) is 31.2. The lowest BCUT2D eigenvalue weighted by atomic mass is 9.75. The SMILES string of the molecule is CC(=O)Nc1ncnc2c1ncn2[C@H]1CN(C(c2ccccc2)(c2ccccc2)c2ccccc2)C[C@@H](COP(Cl)N(C)C)O1. The number of amides is 1. The van der Waals surface area contributed by atoms with Gasteiger partial charge in [0.2, 0.25) is 13.6 Å². The molecule has 0 radical (unpaired) electrons. The topological polar surface area (TPSA) is 97.6 Å². The van der Waals surface area contributed by atoms with E-state index in [0.717, 1.165) is 16.7 Å². The molecule has 1 aliphatic heterocycles. The summed E-state index contributed by atoms with van der Waals surface area (Å²) in [5.41, 5.74) is 3.74. The van der Waals surface area contributed by atoms with Crippen LogP contribution in [0.4, 0.5) is 5.82 Å². The van der Waals surface area contributed by atoms with E-state index >= 15 is 0 Å². The van der Waals surface area contributed by atoms with Gasteiger partial charge < -0.3 is 14.6 Å². The van der Waals surface area contributed by atoms with Crippen LogP contribution in [0.3, 0.4) is 0 Å². The Labute approximate surface area is 268 Å². The fourth-order valence-electron chi connectivity index (χ4n) is 6.00. The van der Waals surface area contributed by atoms with Crippen LogP contribution in [-0.4, -0.2) is 74.9 Å². The van der Waals surface area contributed by atoms with Gasteiger partial charge in [-0.2, -0.15) is 0 Å². The van der Waals surface area contributed by atoms with Crippen LogP contribution in [-0.2, 0) is 19.6 Å². The van der Waals surface area contributed by atoms with Crippen LogP contribution in [0.2, 0.25) is 0 Å². The van der Waals surface area contributed by atoms with E-state index in [1.807, 2.05) is 41.5 Å². The maximum Gasteiger partial charge on any atom is 0.222 e. The normalized spacial score (nSPS) is 18.2. The van der Waals surface area contributed by atoms with Crippen LogP contribution in [0.1, 0.15) is 29.8 Å². The van der Waals surface area contributed by atoms with Gasteiger partial charge in [-0.05, 0) is 42.0 Å². The number of hydrogen-bond acceptors (Lipinski definition) is 8. The molecule has 1 amide bonds. The zero-order valence-electron chi connectivity index (χ0n) is 25.3. The molecule has 0 saturated carbocycles. The summed E-state index contributed by atoms with van der Waals surface area (Å²) in [6.07, 6.45) is 2.26. The fourth-order valence-corrected chi connectivity index (χ4v) is 6.69. The van der Waals surface area contributed by atoms with Crippen molar-refractivity contribution in [2.24, 2.45) is 0 Å². The molecule has 12 heteroatoms. The molecule has 3 atom stereocenters. The standard InChI is InChI=1S/C33H35ClN7O3P/c1-24(42)38-31-30-32(36-22-35-31)41(23-37-30)29-20-40(19-28(44-29)21-43-45(34)39(2)3)33(25-13-7-4-8-14-25,26-15-9-5-10-16-26)27-17-11-6-12-18-27/h4-18,22-23,28-29H,19-21H2,1-3H3,(H,35,36,38,42)/t28-,29+,45?/m0/s1. The summed E-state index contributed by atoms with van der Waals surface area (Å²) in [6, 6.07) is 31.7. The minimum atomic E-state index is -1.31. The van der Waals surface area contributed by atoms with Crippen molar-refractivity contribution in [2.75, 3.05) is 39.1 Å². The first-order valence-corrected chi connectivity index (χ1v) is 16.8. The molecule has 3 aromatic carbocycles. The lowest BCUT2D eigenvalue weighted by Gasteiger charge is -2.50. The van der Waals surface area contributed by atoms with Gasteiger partial charge in [0.15, 0.2) is 17.0 Å². The Hall–Kier alpha value is -3.76. The summed E-state index contributed by atoms with van der Waals surface area (Å²) >= 11 is 6.55. The highest BCUT2D eigenvalue weighted by Crippen LogP contribution is 2.47. The quantitative estimate of drug-likeness (QED) is 0.146. The van der Waals surface area contributed by atoms with Crippen molar-refractivity contribution >= 4 is 41.8 Å². The molecule has 1 unspecified atom stereocenters. The first-order valence-electron chi connectivity index (χ1n) is 14.7. The molecule has 1 fully saturated rings. The van der Waals surface area contributed by atoms with Gasteiger partial charge in [-0.1, -0.05) is 91.0 Å². The summed E-state index contributed by atoms with van der Waals surface area (Å²) in [5, 5.41) is 2.76. The van der Waals surface area contributed by atoms with E-state index in [1.54, 1.807) is 6.33 Å². The zero-order valence-corrected chi connectivity index (χ0v) is 27.0. The summed E-state index contributed by atoms with van der Waals surface area (Å²) < 4.78 is 16.7. The van der Waals surface area contributed by atoms with E-state index in [2.05, 4.69) is 98.0 Å². The van der Waals surface area contributed by atoms with Crippen molar-refractivity contribution in [1.29, 1.82) is 0 Å². The fraction of sp³-hybridized carbons (Fsp3) is 0.273. The molecule has 1 saturated heterocycles. The van der Waals surface area contributed by atoms with Crippen molar-refractivity contribution in [1.82, 2.24) is 29.1 Å². The van der Waals surface area contributed by atoms with Crippen molar-refractivity contribution in [3.05, 3.63) is 120 Å². The van der Waals surface area contributed by atoms with E-state index in [-0.39, 0.29) is 18.6 Å². The molecule has 0 aliphatic carbocycles. The van der Waals surface area contributed by atoms with E-state index in [0.29, 0.717) is 30.1 Å². The number of halogens is 1. The molecule has 0 bridgehead atoms. The predicted octanol–water partition coefficient (Wildman–Crippen LogP) is 6.02. The van der Waals surface area contributed by atoms with E-state index in [1.165, 1.54) is 13.3 Å². The van der Waals surface area contributed by atoms with Gasteiger partial charge in [0.05, 0.1) is 24.6 Å². The van der Waals surface area contributed by atoms with Gasteiger partial charge in [0, 0.05) is 20.0 Å². The third-order valence-corrected chi connectivity index (χ3v) is 10.0. The summed E-state index contributed by atoms with van der Waals surface area (Å²) in [6.45, 7) is 2.77. The highest BCUT2D eigenvalue weighted by molar-refractivity contribution is 7.78. The Morgan fingerprint density at radius 1 is 0.956 bits per heavy atom. The number of carbonyl (C=O) groups is 1. The largest absolute Gasteiger partial charge is 0.350 e. The molecule has 10 nitrogen and oxygen atoms in total. The number of aromatic nitrogens is 4. The third-order valence-electron chi connectivity index (χ3n) is 7.84. The predicted molar refractivity (Wildman–Crippen MR) is 177 cm³/mol. The van der Waals surface area contributed by atoms with Crippen molar-refractivity contribution in [3.63, 3.8) is 0 Å². The first-order chi connectivity index (χ1) is 21.9. The number of morpholine rings is 1. The smallest absolute Gasteiger partial charge is 0.222 e. The molecule has 1 N–H and O–H groups in total. The van der Waals surface area contributed by atoms with Crippen molar-refractivity contribution < 1.29 is 14.1 Å². The number of benzene rings is 3. The van der Waals surface area contributed by atoms with Crippen LogP contribution < -0.4 is 5.32 Å². The molecule has 5 aromatic rings. The van der Waals surface area contributed by atoms with Crippen LogP contribution in [0, 0.1) is 0 Å². The second-order valence-corrected chi connectivity index (χ2v) is 13.4. The van der Waals surface area contributed by atoms with Crippen LogP contribution >= 0.6 is 18.9 Å². The minimum absolute atomic E-state index is 0.237. The zero-order chi connectivity index (χ0) is 31.4. The Morgan fingerprint density at radius 3 is 2.07 bits per heavy atom. The number of fused-ring (bicyclic) bond motifs is 1. The lowest BCUT2D eigenvalue weighted by Crippen LogP contribution is -2.57. The number of anilines is 1. The number of carbonyl (C=O) groups excluding carboxylic acids is 1. The van der Waals surface area contributed by atoms with Gasteiger partial charge in [-0.15, -0.1) is 0 Å². The molecule has 3 heterocycles. The number of hydrogen-bond donors (Lipinski definition) is 1. The van der Waals surface area contributed by atoms with E-state index in [9.17, 15) is 4.79 Å². The van der Waals surface area contributed by atoms with Gasteiger partial charge in [-0.25, -0.2) is 15.0 Å². The highest BCUT2D eigenvalue weighted by Gasteiger charge is 2.46. The number of imidazole rings is 1. The summed E-state index contributed by atoms with van der Waals surface area (Å²) in [7, 11) is 2.48. The van der Waals surface area contributed by atoms with Gasteiger partial charge >= 0.3 is 0 Å². The number of ether oxygens (including phenoxy) is 1.